The molecule has 17 heavy (non-hydrogen) atoms. The average Bonchev–Trinajstić information content (AvgIpc) is 2.40. The molecule has 0 radical (unpaired) electrons. The molecule has 0 amide bonds. The highest BCUT2D eigenvalue weighted by Gasteiger charge is 2.15. The third-order valence-corrected chi connectivity index (χ3v) is 1.84. The highest BCUT2D eigenvalue weighted by atomic mass is 80.9. The lowest BCUT2D eigenvalue weighted by Gasteiger charge is -2.02. The van der Waals surface area contributed by atoms with Gasteiger partial charge < -0.3 is 0 Å². The van der Waals surface area contributed by atoms with Gasteiger partial charge in [-0.2, -0.15) is 0 Å². The van der Waals surface area contributed by atoms with Crippen LogP contribution in [0.2, 0.25) is 0 Å². The fraction of sp³-hybridized carbons (Fsp3) is 0. The summed E-state index contributed by atoms with van der Waals surface area (Å²) in [6, 6.07) is 3.48. The lowest BCUT2D eigenvalue weighted by atomic mass is 10.2. The number of benzene rings is 1. The highest BCUT2D eigenvalue weighted by Crippen LogP contribution is 2.22. The molecular formula is C10H5Br2F3N2. The molecule has 1 heterocycles. The summed E-state index contributed by atoms with van der Waals surface area (Å²) >= 11 is 5.50. The molecule has 0 aliphatic heterocycles. The van der Waals surface area contributed by atoms with Gasteiger partial charge in [-0.3, -0.25) is 0 Å². The van der Waals surface area contributed by atoms with E-state index in [4.69, 9.17) is 0 Å². The molecule has 7 heteroatoms. The first-order valence-corrected chi connectivity index (χ1v) is 7.97. The van der Waals surface area contributed by atoms with Gasteiger partial charge in [0.15, 0.2) is 23.3 Å². The second-order valence-corrected chi connectivity index (χ2v) is 2.80. The predicted octanol–water partition coefficient (Wildman–Crippen LogP) is 4.25. The minimum Gasteiger partial charge on any atom is -0.236 e. The second-order valence-electron chi connectivity index (χ2n) is 2.80. The molecule has 1 aromatic heterocycles. The lowest BCUT2D eigenvalue weighted by molar-refractivity contribution is 0.448. The maximum atomic E-state index is 13.3. The highest BCUT2D eigenvalue weighted by molar-refractivity contribution is 9.93. The van der Waals surface area contributed by atoms with Crippen LogP contribution in [0.1, 0.15) is 0 Å². The Labute approximate surface area is 111 Å². The Bertz CT molecular complexity index is 494. The molecule has 0 atom stereocenters. The molecule has 90 valence electrons. The zero-order valence-electron chi connectivity index (χ0n) is 8.17. The molecule has 0 unspecified atom stereocenters. The van der Waals surface area contributed by atoms with Crippen molar-refractivity contribution in [3.8, 4) is 11.4 Å². The molecule has 0 spiro atoms. The summed E-state index contributed by atoms with van der Waals surface area (Å²) in [5.74, 6) is -4.00. The van der Waals surface area contributed by atoms with Gasteiger partial charge in [0.2, 0.25) is 0 Å². The quantitative estimate of drug-likeness (QED) is 0.702. The summed E-state index contributed by atoms with van der Waals surface area (Å²) in [6.45, 7) is 0. The van der Waals surface area contributed by atoms with Crippen LogP contribution in [-0.4, -0.2) is 9.97 Å². The van der Waals surface area contributed by atoms with Crippen molar-refractivity contribution in [2.24, 2.45) is 0 Å². The molecular weight excluding hydrogens is 365 g/mol. The Balaban J connectivity index is 0.000000686. The first-order chi connectivity index (χ1) is 8.20. The van der Waals surface area contributed by atoms with E-state index < -0.39 is 17.5 Å². The number of rotatable bonds is 1. The molecule has 0 bridgehead atoms. The van der Waals surface area contributed by atoms with Gasteiger partial charge in [0.05, 0.1) is 5.56 Å². The Morgan fingerprint density at radius 1 is 0.882 bits per heavy atom. The van der Waals surface area contributed by atoms with Crippen LogP contribution in [0.25, 0.3) is 11.4 Å². The summed E-state index contributed by atoms with van der Waals surface area (Å²) in [6.07, 6.45) is 2.78. The van der Waals surface area contributed by atoms with Crippen molar-refractivity contribution in [3.05, 3.63) is 48.0 Å². The van der Waals surface area contributed by atoms with Crippen molar-refractivity contribution in [2.75, 3.05) is 0 Å². The van der Waals surface area contributed by atoms with Crippen molar-refractivity contribution in [1.29, 1.82) is 0 Å². The minimum atomic E-state index is -1.51. The van der Waals surface area contributed by atoms with Crippen molar-refractivity contribution >= 4 is 28.3 Å². The third kappa shape index (κ3) is 3.26. The lowest BCUT2D eigenvalue weighted by Crippen LogP contribution is -1.96. The van der Waals surface area contributed by atoms with Gasteiger partial charge in [-0.1, -0.05) is 0 Å². The van der Waals surface area contributed by atoms with Crippen molar-refractivity contribution in [3.63, 3.8) is 0 Å². The van der Waals surface area contributed by atoms with Gasteiger partial charge in [0, 0.05) is 40.6 Å². The molecule has 2 nitrogen and oxygen atoms in total. The molecule has 0 saturated carbocycles. The van der Waals surface area contributed by atoms with Crippen LogP contribution in [0, 0.1) is 17.5 Å². The number of aromatic nitrogens is 2. The fourth-order valence-corrected chi connectivity index (χ4v) is 1.14. The van der Waals surface area contributed by atoms with Crippen LogP contribution in [0.5, 0.6) is 0 Å². The maximum absolute atomic E-state index is 13.3. The van der Waals surface area contributed by atoms with Crippen molar-refractivity contribution < 1.29 is 13.2 Å². The molecule has 0 fully saturated rings. The standard InChI is InChI=1S/C10H5F3N2.Br2/c11-7-3-2-6(8(12)9(7)13)10-14-4-1-5-15-10;1-2/h1-5H;. The Morgan fingerprint density at radius 2 is 1.47 bits per heavy atom. The number of hydrogen-bond donors (Lipinski definition) is 0. The van der Waals surface area contributed by atoms with Crippen LogP contribution in [-0.2, 0) is 0 Å². The topological polar surface area (TPSA) is 25.8 Å². The molecule has 1 aromatic carbocycles. The Morgan fingerprint density at radius 3 is 2.06 bits per heavy atom. The van der Waals surface area contributed by atoms with Crippen molar-refractivity contribution in [2.45, 2.75) is 0 Å². The summed E-state index contributed by atoms with van der Waals surface area (Å²) in [4.78, 5) is 7.48. The van der Waals surface area contributed by atoms with Crippen LogP contribution in [0.15, 0.2) is 30.6 Å². The monoisotopic (exact) mass is 368 g/mol. The smallest absolute Gasteiger partial charge is 0.195 e. The summed E-state index contributed by atoms with van der Waals surface area (Å²) in [5, 5.41) is 0. The number of nitrogens with zero attached hydrogens (tertiary/aromatic N) is 2. The summed E-state index contributed by atoms with van der Waals surface area (Å²) in [7, 11) is 0. The SMILES string of the molecule is BrBr.Fc1ccc(-c2ncccn2)c(F)c1F. The van der Waals surface area contributed by atoms with Crippen molar-refractivity contribution in [1.82, 2.24) is 9.97 Å². The Hall–Kier alpha value is -0.950. The fourth-order valence-electron chi connectivity index (χ4n) is 1.14. The Kier molecular flexibility index (Phi) is 5.57. The van der Waals surface area contributed by atoms with E-state index in [-0.39, 0.29) is 11.4 Å². The van der Waals surface area contributed by atoms with Gasteiger partial charge in [-0.25, -0.2) is 23.1 Å². The summed E-state index contributed by atoms with van der Waals surface area (Å²) < 4.78 is 38.7. The molecule has 0 N–H and O–H groups in total. The van der Waals surface area contributed by atoms with Gasteiger partial charge >= 0.3 is 0 Å². The van der Waals surface area contributed by atoms with E-state index in [0.717, 1.165) is 12.1 Å². The van der Waals surface area contributed by atoms with E-state index in [1.54, 1.807) is 6.07 Å². The zero-order chi connectivity index (χ0) is 12.8. The van der Waals surface area contributed by atoms with E-state index in [9.17, 15) is 13.2 Å². The molecule has 0 aliphatic carbocycles. The van der Waals surface area contributed by atoms with E-state index >= 15 is 0 Å². The first-order valence-electron chi connectivity index (χ1n) is 4.25. The van der Waals surface area contributed by atoms with E-state index in [1.807, 2.05) is 0 Å². The van der Waals surface area contributed by atoms with Gasteiger partial charge in [0.1, 0.15) is 0 Å². The molecule has 2 rings (SSSR count). The molecule has 0 aliphatic rings. The third-order valence-electron chi connectivity index (χ3n) is 1.84. The second kappa shape index (κ2) is 6.70. The number of hydrogen-bond acceptors (Lipinski definition) is 2. The average molecular weight is 370 g/mol. The molecule has 0 saturated heterocycles. The zero-order valence-corrected chi connectivity index (χ0v) is 11.3. The van der Waals surface area contributed by atoms with Gasteiger partial charge in [0.25, 0.3) is 0 Å². The van der Waals surface area contributed by atoms with Crippen LogP contribution < -0.4 is 0 Å². The largest absolute Gasteiger partial charge is 0.236 e. The number of halogens is 5. The van der Waals surface area contributed by atoms with Crippen LogP contribution in [0.4, 0.5) is 13.2 Å². The molecule has 2 aromatic rings. The van der Waals surface area contributed by atoms with Crippen LogP contribution in [0.3, 0.4) is 0 Å². The van der Waals surface area contributed by atoms with E-state index in [0.29, 0.717) is 0 Å². The first kappa shape index (κ1) is 14.1. The van der Waals surface area contributed by atoms with E-state index in [1.165, 1.54) is 12.4 Å². The van der Waals surface area contributed by atoms with E-state index in [2.05, 4.69) is 38.2 Å². The van der Waals surface area contributed by atoms with Gasteiger partial charge in [-0.05, 0) is 18.2 Å². The van der Waals surface area contributed by atoms with Crippen LogP contribution >= 0.6 is 28.3 Å². The predicted molar refractivity (Wildman–Crippen MR) is 65.2 cm³/mol. The summed E-state index contributed by atoms with van der Waals surface area (Å²) in [5.41, 5.74) is -0.158. The normalized spacial score (nSPS) is 9.47. The minimum absolute atomic E-state index is 0.0221. The maximum Gasteiger partial charge on any atom is 0.195 e. The van der Waals surface area contributed by atoms with Gasteiger partial charge in [-0.15, -0.1) is 0 Å².